The zero-order valence-electron chi connectivity index (χ0n) is 8.34. The van der Waals surface area contributed by atoms with E-state index in [0.29, 0.717) is 22.5 Å². The zero-order chi connectivity index (χ0) is 11.0. The quantitative estimate of drug-likeness (QED) is 0.886. The van der Waals surface area contributed by atoms with Crippen LogP contribution in [-0.2, 0) is 0 Å². The van der Waals surface area contributed by atoms with E-state index >= 15 is 0 Å². The molecule has 0 saturated heterocycles. The summed E-state index contributed by atoms with van der Waals surface area (Å²) in [5.74, 6) is 0.833. The van der Waals surface area contributed by atoms with Crippen LogP contribution in [0.2, 0.25) is 0 Å². The minimum Gasteiger partial charge on any atom is -0.447 e. The van der Waals surface area contributed by atoms with Crippen LogP contribution in [0, 0.1) is 0 Å². The minimum atomic E-state index is -0.245. The Morgan fingerprint density at radius 1 is 1.50 bits per heavy atom. The molecule has 1 fully saturated rings. The van der Waals surface area contributed by atoms with Gasteiger partial charge in [0.15, 0.2) is 17.2 Å². The van der Waals surface area contributed by atoms with Gasteiger partial charge in [-0.15, -0.1) is 11.3 Å². The van der Waals surface area contributed by atoms with Gasteiger partial charge >= 0.3 is 0 Å². The first-order chi connectivity index (χ1) is 7.84. The van der Waals surface area contributed by atoms with Gasteiger partial charge in [-0.05, 0) is 12.8 Å². The van der Waals surface area contributed by atoms with Crippen molar-refractivity contribution < 1.29 is 9.21 Å². The lowest BCUT2D eigenvalue weighted by atomic mass is 10.2. The molecule has 3 rings (SSSR count). The fourth-order valence-corrected chi connectivity index (χ4v) is 2.03. The summed E-state index contributed by atoms with van der Waals surface area (Å²) in [6.07, 6.45) is 5.12. The van der Waals surface area contributed by atoms with Crippen molar-refractivity contribution in [2.75, 3.05) is 5.32 Å². The van der Waals surface area contributed by atoms with Crippen molar-refractivity contribution in [3.63, 3.8) is 0 Å². The Labute approximate surface area is 95.5 Å². The van der Waals surface area contributed by atoms with Crippen LogP contribution in [0.4, 0.5) is 5.13 Å². The van der Waals surface area contributed by atoms with Crippen molar-refractivity contribution >= 4 is 22.4 Å². The van der Waals surface area contributed by atoms with E-state index in [9.17, 15) is 4.79 Å². The van der Waals surface area contributed by atoms with Gasteiger partial charge in [-0.25, -0.2) is 9.97 Å². The van der Waals surface area contributed by atoms with Crippen molar-refractivity contribution in [2.45, 2.75) is 18.8 Å². The number of anilines is 1. The maximum atomic E-state index is 11.9. The highest BCUT2D eigenvalue weighted by atomic mass is 32.1. The number of hydrogen-bond acceptors (Lipinski definition) is 5. The summed E-state index contributed by atoms with van der Waals surface area (Å²) in [5, 5.41) is 5.08. The summed E-state index contributed by atoms with van der Waals surface area (Å²) >= 11 is 1.38. The van der Waals surface area contributed by atoms with E-state index in [1.807, 2.05) is 0 Å². The lowest BCUT2D eigenvalue weighted by Crippen LogP contribution is -2.13. The van der Waals surface area contributed by atoms with E-state index in [4.69, 9.17) is 4.42 Å². The fourth-order valence-electron chi connectivity index (χ4n) is 1.50. The predicted octanol–water partition coefficient (Wildman–Crippen LogP) is 2.26. The maximum absolute atomic E-state index is 11.9. The molecule has 6 heteroatoms. The summed E-state index contributed by atoms with van der Waals surface area (Å²) < 4.78 is 5.24. The smallest absolute Gasteiger partial charge is 0.279 e. The molecule has 16 heavy (non-hydrogen) atoms. The van der Waals surface area contributed by atoms with Crippen LogP contribution < -0.4 is 5.32 Å². The molecule has 2 aromatic rings. The Morgan fingerprint density at radius 3 is 3.06 bits per heavy atom. The van der Waals surface area contributed by atoms with Gasteiger partial charge in [-0.3, -0.25) is 10.1 Å². The van der Waals surface area contributed by atoms with E-state index in [0.717, 1.165) is 12.8 Å². The molecule has 1 amide bonds. The van der Waals surface area contributed by atoms with Crippen molar-refractivity contribution in [3.8, 4) is 0 Å². The number of amides is 1. The molecule has 1 aliphatic carbocycles. The summed E-state index contributed by atoms with van der Waals surface area (Å²) in [4.78, 5) is 19.8. The third-order valence-electron chi connectivity index (χ3n) is 2.41. The second kappa shape index (κ2) is 3.71. The monoisotopic (exact) mass is 235 g/mol. The highest BCUT2D eigenvalue weighted by Crippen LogP contribution is 2.41. The van der Waals surface area contributed by atoms with Crippen LogP contribution >= 0.6 is 11.3 Å². The summed E-state index contributed by atoms with van der Waals surface area (Å²) in [6.45, 7) is 0. The lowest BCUT2D eigenvalue weighted by Gasteiger charge is -1.99. The Kier molecular flexibility index (Phi) is 2.21. The molecule has 0 bridgehead atoms. The predicted molar refractivity (Wildman–Crippen MR) is 58.5 cm³/mol. The number of oxazole rings is 1. The van der Waals surface area contributed by atoms with E-state index in [1.165, 1.54) is 17.7 Å². The number of nitrogens with one attached hydrogen (secondary N) is 1. The normalized spacial score (nSPS) is 15.0. The number of nitrogens with zero attached hydrogens (tertiary/aromatic N) is 2. The van der Waals surface area contributed by atoms with E-state index in [2.05, 4.69) is 15.3 Å². The number of carbonyl (C=O) groups is 1. The van der Waals surface area contributed by atoms with Crippen LogP contribution in [0.25, 0.3) is 0 Å². The molecule has 0 aromatic carbocycles. The molecule has 1 N–H and O–H groups in total. The number of hydrogen-bond donors (Lipinski definition) is 1. The molecule has 0 atom stereocenters. The van der Waals surface area contributed by atoms with Gasteiger partial charge in [-0.2, -0.15) is 0 Å². The SMILES string of the molecule is O=C(Nc1nccs1)c1ncoc1C1CC1. The first kappa shape index (κ1) is 9.53. The maximum Gasteiger partial charge on any atom is 0.279 e. The van der Waals surface area contributed by atoms with Gasteiger partial charge in [-0.1, -0.05) is 0 Å². The first-order valence-corrected chi connectivity index (χ1v) is 5.87. The molecule has 2 aromatic heterocycles. The minimum absolute atomic E-state index is 0.245. The first-order valence-electron chi connectivity index (χ1n) is 4.99. The van der Waals surface area contributed by atoms with Crippen LogP contribution in [0.1, 0.15) is 35.0 Å². The average molecular weight is 235 g/mol. The number of rotatable bonds is 3. The van der Waals surface area contributed by atoms with Gasteiger partial charge in [0.05, 0.1) is 0 Å². The van der Waals surface area contributed by atoms with Crippen molar-refractivity contribution in [1.29, 1.82) is 0 Å². The molecule has 0 spiro atoms. The molecule has 2 heterocycles. The topological polar surface area (TPSA) is 68.0 Å². The van der Waals surface area contributed by atoms with Gasteiger partial charge in [0, 0.05) is 17.5 Å². The largest absolute Gasteiger partial charge is 0.447 e. The number of carbonyl (C=O) groups excluding carboxylic acids is 1. The highest BCUT2D eigenvalue weighted by Gasteiger charge is 2.32. The molecular formula is C10H9N3O2S. The molecule has 0 unspecified atom stereocenters. The van der Waals surface area contributed by atoms with Crippen molar-refractivity contribution in [2.24, 2.45) is 0 Å². The molecule has 0 radical (unpaired) electrons. The summed E-state index contributed by atoms with van der Waals surface area (Å²) in [6, 6.07) is 0. The fraction of sp³-hybridized carbons (Fsp3) is 0.300. The Hall–Kier alpha value is -1.69. The molecule has 1 aliphatic rings. The Morgan fingerprint density at radius 2 is 2.38 bits per heavy atom. The zero-order valence-corrected chi connectivity index (χ0v) is 9.16. The van der Waals surface area contributed by atoms with Crippen LogP contribution in [0.3, 0.4) is 0 Å². The number of thiazole rings is 1. The van der Waals surface area contributed by atoms with Crippen LogP contribution in [0.15, 0.2) is 22.4 Å². The van der Waals surface area contributed by atoms with Crippen molar-refractivity contribution in [3.05, 3.63) is 29.4 Å². The van der Waals surface area contributed by atoms with E-state index in [1.54, 1.807) is 11.6 Å². The second-order valence-electron chi connectivity index (χ2n) is 3.63. The molecule has 5 nitrogen and oxygen atoms in total. The van der Waals surface area contributed by atoms with Gasteiger partial charge in [0.1, 0.15) is 5.76 Å². The molecule has 1 saturated carbocycles. The number of aromatic nitrogens is 2. The third-order valence-corrected chi connectivity index (χ3v) is 3.10. The van der Waals surface area contributed by atoms with Gasteiger partial charge in [0.2, 0.25) is 0 Å². The second-order valence-corrected chi connectivity index (χ2v) is 4.53. The average Bonchev–Trinajstić information content (AvgIpc) is 2.82. The van der Waals surface area contributed by atoms with Gasteiger partial charge in [0.25, 0.3) is 5.91 Å². The van der Waals surface area contributed by atoms with Crippen molar-refractivity contribution in [1.82, 2.24) is 9.97 Å². The summed E-state index contributed by atoms with van der Waals surface area (Å²) in [5.41, 5.74) is 0.387. The summed E-state index contributed by atoms with van der Waals surface area (Å²) in [7, 11) is 0. The Balaban J connectivity index is 1.80. The third kappa shape index (κ3) is 1.71. The van der Waals surface area contributed by atoms with Crippen LogP contribution in [-0.4, -0.2) is 15.9 Å². The van der Waals surface area contributed by atoms with E-state index < -0.39 is 0 Å². The molecule has 82 valence electrons. The standard InChI is InChI=1S/C10H9N3O2S/c14-9(13-10-11-3-4-16-10)7-8(6-1-2-6)15-5-12-7/h3-6H,1-2H2,(H,11,13,14). The van der Waals surface area contributed by atoms with E-state index in [-0.39, 0.29) is 5.91 Å². The lowest BCUT2D eigenvalue weighted by molar-refractivity contribution is 0.102. The van der Waals surface area contributed by atoms with Crippen LogP contribution in [0.5, 0.6) is 0 Å². The van der Waals surface area contributed by atoms with Gasteiger partial charge < -0.3 is 4.42 Å². The molecular weight excluding hydrogens is 226 g/mol. The highest BCUT2D eigenvalue weighted by molar-refractivity contribution is 7.13. The Bertz CT molecular complexity index is 502. The molecule has 0 aliphatic heterocycles.